The minimum Gasteiger partial charge on any atom is -0.386 e. The molecule has 1 N–H and O–H groups in total. The van der Waals surface area contributed by atoms with E-state index in [2.05, 4.69) is 12.1 Å². The monoisotopic (exact) mass is 420 g/mol. The third-order valence-corrected chi connectivity index (χ3v) is 6.32. The van der Waals surface area contributed by atoms with Crippen LogP contribution in [0.2, 0.25) is 0 Å². The molecule has 1 aliphatic carbocycles. The highest BCUT2D eigenvalue weighted by Crippen LogP contribution is 2.42. The third-order valence-electron chi connectivity index (χ3n) is 5.09. The molecule has 0 radical (unpaired) electrons. The molecule has 6 nitrogen and oxygen atoms in total. The maximum atomic E-state index is 10.8. The molecular formula is C22H32N2O4S. The van der Waals surface area contributed by atoms with Gasteiger partial charge >= 0.3 is 0 Å². The summed E-state index contributed by atoms with van der Waals surface area (Å²) in [5, 5.41) is 11.7. The normalized spacial score (nSPS) is 16.7. The summed E-state index contributed by atoms with van der Waals surface area (Å²) in [6.07, 6.45) is 3.00. The lowest BCUT2D eigenvalue weighted by atomic mass is 9.92. The van der Waals surface area contributed by atoms with Gasteiger partial charge in [-0.3, -0.25) is 0 Å². The molecule has 0 saturated carbocycles. The Morgan fingerprint density at radius 2 is 2.07 bits per heavy atom. The summed E-state index contributed by atoms with van der Waals surface area (Å²) in [5.41, 5.74) is 3.07. The molecule has 1 aliphatic rings. The van der Waals surface area contributed by atoms with Crippen LogP contribution in [0, 0.1) is 0 Å². The molecule has 3 rings (SSSR count). The Morgan fingerprint density at radius 1 is 1.28 bits per heavy atom. The quantitative estimate of drug-likeness (QED) is 0.486. The second-order valence-corrected chi connectivity index (χ2v) is 9.11. The molecule has 2 aromatic rings. The molecule has 0 spiro atoms. The van der Waals surface area contributed by atoms with E-state index in [4.69, 9.17) is 19.2 Å². The zero-order valence-corrected chi connectivity index (χ0v) is 18.8. The molecule has 1 aromatic heterocycles. The Labute approximate surface area is 177 Å². The van der Waals surface area contributed by atoms with Crippen molar-refractivity contribution in [3.05, 3.63) is 34.3 Å². The van der Waals surface area contributed by atoms with Crippen LogP contribution in [0.5, 0.6) is 0 Å². The van der Waals surface area contributed by atoms with Crippen molar-refractivity contribution in [2.45, 2.75) is 44.8 Å². The van der Waals surface area contributed by atoms with E-state index in [9.17, 15) is 5.11 Å². The number of aliphatic hydroxyl groups is 1. The molecule has 1 unspecified atom stereocenters. The summed E-state index contributed by atoms with van der Waals surface area (Å²) in [7, 11) is 5.66. The number of hydrogen-bond acceptors (Lipinski definition) is 7. The molecule has 0 saturated heterocycles. The van der Waals surface area contributed by atoms with Gasteiger partial charge < -0.3 is 24.2 Å². The van der Waals surface area contributed by atoms with Gasteiger partial charge in [0.15, 0.2) is 0 Å². The molecule has 0 amide bonds. The van der Waals surface area contributed by atoms with Crippen molar-refractivity contribution in [2.75, 3.05) is 46.1 Å². The SMILES string of the molecule is COCCOCOC1CCCc2nc(-c3ccc(N(C)C)cc3C(C)(C)O)sc21. The van der Waals surface area contributed by atoms with Crippen LogP contribution in [-0.2, 0) is 26.2 Å². The Balaban J connectivity index is 1.86. The lowest BCUT2D eigenvalue weighted by molar-refractivity contribution is -0.102. The van der Waals surface area contributed by atoms with Crippen molar-refractivity contribution in [1.82, 2.24) is 4.98 Å². The fourth-order valence-electron chi connectivity index (χ4n) is 3.49. The fourth-order valence-corrected chi connectivity index (χ4v) is 4.72. The number of ether oxygens (including phenoxy) is 3. The topological polar surface area (TPSA) is 64.0 Å². The maximum Gasteiger partial charge on any atom is 0.147 e. The highest BCUT2D eigenvalue weighted by Gasteiger charge is 2.28. The maximum absolute atomic E-state index is 10.8. The predicted octanol–water partition coefficient (Wildman–Crippen LogP) is 4.12. The van der Waals surface area contributed by atoms with Crippen LogP contribution in [0.15, 0.2) is 18.2 Å². The van der Waals surface area contributed by atoms with Crippen LogP contribution in [0.25, 0.3) is 10.6 Å². The standard InChI is InChI=1S/C22H32N2O4S/c1-22(2,25)17-13-15(24(3)4)9-10-16(17)21-23-18-7-6-8-19(20(18)29-21)28-14-27-12-11-26-5/h9-10,13,19,25H,6-8,11-12,14H2,1-5H3. The summed E-state index contributed by atoms with van der Waals surface area (Å²) >= 11 is 1.67. The van der Waals surface area contributed by atoms with E-state index in [1.165, 1.54) is 4.88 Å². The molecule has 1 atom stereocenters. The number of aryl methyl sites for hydroxylation is 1. The lowest BCUT2D eigenvalue weighted by Crippen LogP contribution is -2.18. The van der Waals surface area contributed by atoms with Crippen LogP contribution < -0.4 is 4.90 Å². The minimum absolute atomic E-state index is 0.0131. The second-order valence-electron chi connectivity index (χ2n) is 8.08. The summed E-state index contributed by atoms with van der Waals surface area (Å²) in [6.45, 7) is 4.99. The van der Waals surface area contributed by atoms with E-state index in [0.29, 0.717) is 13.2 Å². The van der Waals surface area contributed by atoms with Gasteiger partial charge in [-0.15, -0.1) is 11.3 Å². The Morgan fingerprint density at radius 3 is 2.76 bits per heavy atom. The van der Waals surface area contributed by atoms with Gasteiger partial charge in [-0.05, 0) is 56.9 Å². The molecule has 1 heterocycles. The Bertz CT molecular complexity index is 814. The van der Waals surface area contributed by atoms with Crippen molar-refractivity contribution < 1.29 is 19.3 Å². The highest BCUT2D eigenvalue weighted by atomic mass is 32.1. The predicted molar refractivity (Wildman–Crippen MR) is 117 cm³/mol. The second kappa shape index (κ2) is 9.53. The van der Waals surface area contributed by atoms with Crippen LogP contribution >= 0.6 is 11.3 Å². The van der Waals surface area contributed by atoms with Crippen molar-refractivity contribution in [1.29, 1.82) is 0 Å². The van der Waals surface area contributed by atoms with Gasteiger partial charge in [0.05, 0.1) is 35.5 Å². The molecule has 7 heteroatoms. The molecule has 1 aromatic carbocycles. The number of benzene rings is 1. The first-order valence-corrected chi connectivity index (χ1v) is 10.9. The van der Waals surface area contributed by atoms with Gasteiger partial charge in [0.1, 0.15) is 11.8 Å². The smallest absolute Gasteiger partial charge is 0.147 e. The number of fused-ring (bicyclic) bond motifs is 1. The number of methoxy groups -OCH3 is 1. The summed E-state index contributed by atoms with van der Waals surface area (Å²) in [4.78, 5) is 8.15. The zero-order valence-electron chi connectivity index (χ0n) is 18.0. The number of rotatable bonds is 9. The average molecular weight is 421 g/mol. The van der Waals surface area contributed by atoms with Crippen molar-refractivity contribution >= 4 is 17.0 Å². The van der Waals surface area contributed by atoms with Crippen molar-refractivity contribution in [3.8, 4) is 10.6 Å². The average Bonchev–Trinajstić information content (AvgIpc) is 3.11. The summed E-state index contributed by atoms with van der Waals surface area (Å²) in [5.74, 6) is 0. The third kappa shape index (κ3) is 5.35. The van der Waals surface area contributed by atoms with E-state index >= 15 is 0 Å². The largest absolute Gasteiger partial charge is 0.386 e. The first-order chi connectivity index (χ1) is 13.8. The summed E-state index contributed by atoms with van der Waals surface area (Å²) < 4.78 is 16.5. The van der Waals surface area contributed by atoms with Crippen LogP contribution in [-0.4, -0.2) is 51.3 Å². The van der Waals surface area contributed by atoms with Gasteiger partial charge in [0, 0.05) is 32.5 Å². The highest BCUT2D eigenvalue weighted by molar-refractivity contribution is 7.15. The number of aromatic nitrogens is 1. The number of hydrogen-bond donors (Lipinski definition) is 1. The number of nitrogens with zero attached hydrogens (tertiary/aromatic N) is 2. The van der Waals surface area contributed by atoms with Crippen LogP contribution in [0.3, 0.4) is 0 Å². The van der Waals surface area contributed by atoms with Gasteiger partial charge in [-0.1, -0.05) is 0 Å². The first kappa shape index (κ1) is 22.2. The van der Waals surface area contributed by atoms with E-state index in [1.54, 1.807) is 18.4 Å². The van der Waals surface area contributed by atoms with Gasteiger partial charge in [-0.2, -0.15) is 0 Å². The van der Waals surface area contributed by atoms with Crippen molar-refractivity contribution in [2.24, 2.45) is 0 Å². The number of anilines is 1. The first-order valence-electron chi connectivity index (χ1n) is 10.0. The number of thiazole rings is 1. The van der Waals surface area contributed by atoms with Crippen LogP contribution in [0.4, 0.5) is 5.69 Å². The van der Waals surface area contributed by atoms with E-state index < -0.39 is 5.60 Å². The minimum atomic E-state index is -0.960. The van der Waals surface area contributed by atoms with E-state index in [0.717, 1.165) is 46.8 Å². The van der Waals surface area contributed by atoms with Gasteiger partial charge in [0.2, 0.25) is 0 Å². The van der Waals surface area contributed by atoms with Crippen LogP contribution in [0.1, 0.15) is 48.9 Å². The Hall–Kier alpha value is -1.51. The van der Waals surface area contributed by atoms with E-state index in [1.807, 2.05) is 38.9 Å². The van der Waals surface area contributed by atoms with Gasteiger partial charge in [0.25, 0.3) is 0 Å². The molecule has 0 aliphatic heterocycles. The fraction of sp³-hybridized carbons (Fsp3) is 0.591. The van der Waals surface area contributed by atoms with Crippen molar-refractivity contribution in [3.63, 3.8) is 0 Å². The molecule has 0 bridgehead atoms. The van der Waals surface area contributed by atoms with E-state index in [-0.39, 0.29) is 12.9 Å². The Kier molecular flexibility index (Phi) is 7.29. The molecule has 0 fully saturated rings. The molecule has 29 heavy (non-hydrogen) atoms. The molecular weight excluding hydrogens is 388 g/mol. The zero-order chi connectivity index (χ0) is 21.0. The lowest BCUT2D eigenvalue weighted by Gasteiger charge is -2.23. The summed E-state index contributed by atoms with van der Waals surface area (Å²) in [6, 6.07) is 6.19. The molecule has 160 valence electrons. The van der Waals surface area contributed by atoms with Gasteiger partial charge in [-0.25, -0.2) is 4.98 Å².